The molecule has 0 atom stereocenters. The van der Waals surface area contributed by atoms with Gasteiger partial charge < -0.3 is 0 Å². The molecule has 0 radical (unpaired) electrons. The van der Waals surface area contributed by atoms with Gasteiger partial charge in [0.2, 0.25) is 0 Å². The summed E-state index contributed by atoms with van der Waals surface area (Å²) in [6.45, 7) is 1.59. The normalized spacial score (nSPS) is 11.2. The Hall–Kier alpha value is -1.82. The molecule has 0 aliphatic heterocycles. The fourth-order valence-electron chi connectivity index (χ4n) is 1.97. The summed E-state index contributed by atoms with van der Waals surface area (Å²) < 4.78 is 24.0. The van der Waals surface area contributed by atoms with Crippen molar-refractivity contribution in [3.05, 3.63) is 33.7 Å². The summed E-state index contributed by atoms with van der Waals surface area (Å²) in [5.41, 5.74) is 5.74. The predicted octanol–water partition coefficient (Wildman–Crippen LogP) is -1.01. The van der Waals surface area contributed by atoms with Crippen LogP contribution in [0.5, 0.6) is 0 Å². The van der Waals surface area contributed by atoms with E-state index in [1.165, 1.54) is 12.1 Å². The second-order valence-electron chi connectivity index (χ2n) is 4.26. The molecule has 20 heavy (non-hydrogen) atoms. The number of nitrogen functional groups attached to an aromatic ring is 1. The Morgan fingerprint density at radius 3 is 2.60 bits per heavy atom. The molecular formula is C12H12AsNO6. The first-order valence-corrected chi connectivity index (χ1v) is 8.18. The molecule has 2 rings (SSSR count). The van der Waals surface area contributed by atoms with Crippen LogP contribution in [0.2, 0.25) is 0 Å². The quantitative estimate of drug-likeness (QED) is 0.319. The first-order chi connectivity index (χ1) is 9.31. The number of fused-ring (bicyclic) bond motifs is 1. The molecule has 7 nitrogen and oxygen atoms in total. The molecule has 0 saturated carbocycles. The van der Waals surface area contributed by atoms with Crippen molar-refractivity contribution in [3.8, 4) is 0 Å². The summed E-state index contributed by atoms with van der Waals surface area (Å²) >= 11 is -3.18. The van der Waals surface area contributed by atoms with Crippen LogP contribution in [0.15, 0.2) is 21.3 Å². The molecule has 1 aromatic carbocycles. The van der Waals surface area contributed by atoms with Crippen molar-refractivity contribution < 1.29 is 22.5 Å². The second-order valence-corrected chi connectivity index (χ2v) is 6.49. The van der Waals surface area contributed by atoms with Crippen molar-refractivity contribution in [2.24, 2.45) is 0 Å². The van der Waals surface area contributed by atoms with Crippen molar-refractivity contribution in [3.63, 3.8) is 0 Å². The van der Waals surface area contributed by atoms with Crippen molar-refractivity contribution >= 4 is 42.3 Å². The molecule has 0 saturated heterocycles. The Balaban J connectivity index is 2.79. The van der Waals surface area contributed by atoms with Crippen LogP contribution >= 0.6 is 0 Å². The Morgan fingerprint density at radius 2 is 2.05 bits per heavy atom. The van der Waals surface area contributed by atoms with Gasteiger partial charge in [0.05, 0.1) is 0 Å². The molecule has 1 heterocycles. The number of carboxylic acid groups (broad SMARTS) is 1. The molecule has 106 valence electrons. The number of aryl methyl sites for hydroxylation is 1. The summed E-state index contributed by atoms with van der Waals surface area (Å²) in [5.74, 6) is -1.15. The number of nitrogens with two attached hydrogens (primary N) is 1. The molecule has 0 bridgehead atoms. The van der Waals surface area contributed by atoms with Crippen LogP contribution in [-0.4, -0.2) is 34.6 Å². The molecule has 0 amide bonds. The van der Waals surface area contributed by atoms with E-state index in [4.69, 9.17) is 15.3 Å². The van der Waals surface area contributed by atoms with E-state index < -0.39 is 33.3 Å². The Kier molecular flexibility index (Phi) is 3.85. The monoisotopic (exact) mass is 341 g/mol. The number of carboxylic acids is 1. The van der Waals surface area contributed by atoms with E-state index in [1.807, 2.05) is 0 Å². The van der Waals surface area contributed by atoms with Crippen LogP contribution in [0, 0.1) is 6.92 Å². The van der Waals surface area contributed by atoms with Crippen molar-refractivity contribution in [2.45, 2.75) is 13.3 Å². The first-order valence-electron chi connectivity index (χ1n) is 5.56. The average molecular weight is 341 g/mol. The third-order valence-corrected chi connectivity index (χ3v) is 4.69. The van der Waals surface area contributed by atoms with Crippen LogP contribution in [0.1, 0.15) is 11.1 Å². The van der Waals surface area contributed by atoms with Gasteiger partial charge in [-0.1, -0.05) is 0 Å². The molecule has 0 spiro atoms. The first kappa shape index (κ1) is 14.6. The van der Waals surface area contributed by atoms with Gasteiger partial charge in [-0.2, -0.15) is 0 Å². The second kappa shape index (κ2) is 5.28. The number of aliphatic carboxylic acids is 1. The van der Waals surface area contributed by atoms with Gasteiger partial charge >= 0.3 is 118 Å². The van der Waals surface area contributed by atoms with Gasteiger partial charge in [-0.3, -0.25) is 0 Å². The number of carbonyl (C=O) groups is 1. The SMILES string of the molecule is Cc1c(CC(=O)O)c(=O)oc2cc(N)c([As](O)O)cc12. The fraction of sp³-hybridized carbons (Fsp3) is 0.167. The van der Waals surface area contributed by atoms with Gasteiger partial charge in [-0.25, -0.2) is 0 Å². The van der Waals surface area contributed by atoms with E-state index in [0.29, 0.717) is 10.9 Å². The van der Waals surface area contributed by atoms with Crippen molar-refractivity contribution in [1.29, 1.82) is 0 Å². The molecule has 0 aliphatic carbocycles. The molecule has 1 aromatic heterocycles. The van der Waals surface area contributed by atoms with Gasteiger partial charge in [0.1, 0.15) is 0 Å². The van der Waals surface area contributed by atoms with Crippen LogP contribution in [-0.2, 0) is 11.2 Å². The van der Waals surface area contributed by atoms with Gasteiger partial charge in [0.15, 0.2) is 0 Å². The van der Waals surface area contributed by atoms with E-state index in [9.17, 15) is 17.8 Å². The molecule has 8 heteroatoms. The van der Waals surface area contributed by atoms with E-state index in [0.717, 1.165) is 0 Å². The maximum atomic E-state index is 11.8. The molecule has 0 fully saturated rings. The van der Waals surface area contributed by atoms with Crippen LogP contribution in [0.4, 0.5) is 5.69 Å². The number of benzene rings is 1. The molecule has 0 aliphatic rings. The van der Waals surface area contributed by atoms with Crippen molar-refractivity contribution in [2.75, 3.05) is 5.73 Å². The zero-order valence-electron chi connectivity index (χ0n) is 10.5. The van der Waals surface area contributed by atoms with E-state index in [-0.39, 0.29) is 21.2 Å². The number of anilines is 1. The van der Waals surface area contributed by atoms with Crippen LogP contribution < -0.4 is 15.7 Å². The van der Waals surface area contributed by atoms with Crippen molar-refractivity contribution in [1.82, 2.24) is 0 Å². The summed E-state index contributed by atoms with van der Waals surface area (Å²) in [6.07, 6.45) is -0.455. The fourth-order valence-corrected chi connectivity index (χ4v) is 3.10. The Labute approximate surface area is 118 Å². The third-order valence-electron chi connectivity index (χ3n) is 2.98. The van der Waals surface area contributed by atoms with Crippen LogP contribution in [0.3, 0.4) is 0 Å². The molecule has 5 N–H and O–H groups in total. The number of hydrogen-bond acceptors (Lipinski definition) is 6. The van der Waals surface area contributed by atoms with Crippen LogP contribution in [0.25, 0.3) is 11.0 Å². The third kappa shape index (κ3) is 2.56. The summed E-state index contributed by atoms with van der Waals surface area (Å²) in [6, 6.07) is 2.78. The minimum atomic E-state index is -3.18. The Bertz CT molecular complexity index is 752. The van der Waals surface area contributed by atoms with Gasteiger partial charge in [-0.15, -0.1) is 0 Å². The maximum absolute atomic E-state index is 11.8. The standard InChI is InChI=1S/C12H12AsNO6/c1-5-6-2-8(13(18)19)9(14)4-10(6)20-12(17)7(5)3-11(15)16/h2,4,18-19H,3,14H2,1H3,(H,15,16). The number of hydrogen-bond donors (Lipinski definition) is 4. The van der Waals surface area contributed by atoms with E-state index in [1.54, 1.807) is 6.92 Å². The zero-order chi connectivity index (χ0) is 15.0. The number of rotatable bonds is 3. The van der Waals surface area contributed by atoms with E-state index in [2.05, 4.69) is 0 Å². The summed E-state index contributed by atoms with van der Waals surface area (Å²) in [4.78, 5) is 22.5. The molecular weight excluding hydrogens is 329 g/mol. The molecule has 2 aromatic rings. The van der Waals surface area contributed by atoms with Gasteiger partial charge in [0.25, 0.3) is 0 Å². The summed E-state index contributed by atoms with van der Waals surface area (Å²) in [5, 5.41) is 9.25. The molecule has 0 unspecified atom stereocenters. The topological polar surface area (TPSA) is 134 Å². The van der Waals surface area contributed by atoms with Gasteiger partial charge in [0, 0.05) is 0 Å². The summed E-state index contributed by atoms with van der Waals surface area (Å²) in [7, 11) is 0. The average Bonchev–Trinajstić information content (AvgIpc) is 2.33. The van der Waals surface area contributed by atoms with E-state index >= 15 is 0 Å². The van der Waals surface area contributed by atoms with Gasteiger partial charge in [-0.05, 0) is 0 Å². The zero-order valence-corrected chi connectivity index (χ0v) is 12.3. The predicted molar refractivity (Wildman–Crippen MR) is 72.8 cm³/mol. The minimum absolute atomic E-state index is 0.0376. The Morgan fingerprint density at radius 1 is 1.40 bits per heavy atom.